The third-order valence-electron chi connectivity index (χ3n) is 5.85. The molecule has 0 bridgehead atoms. The SMILES string of the molecule is COCc1ccc(C(=O)N2CCC[C@@H](N3CCN(c4cccc(Cl)c4)CC3)C2)s1. The Morgan fingerprint density at radius 3 is 2.76 bits per heavy atom. The van der Waals surface area contributed by atoms with Crippen LogP contribution in [0.3, 0.4) is 0 Å². The molecule has 7 heteroatoms. The van der Waals surface area contributed by atoms with Crippen molar-refractivity contribution >= 4 is 34.5 Å². The molecule has 2 aromatic rings. The molecule has 3 heterocycles. The van der Waals surface area contributed by atoms with Crippen LogP contribution >= 0.6 is 22.9 Å². The number of thiophene rings is 1. The molecule has 1 atom stereocenters. The fourth-order valence-corrected chi connectivity index (χ4v) is 5.46. The van der Waals surface area contributed by atoms with E-state index in [4.69, 9.17) is 16.3 Å². The predicted molar refractivity (Wildman–Crippen MR) is 119 cm³/mol. The van der Waals surface area contributed by atoms with Gasteiger partial charge < -0.3 is 14.5 Å². The Morgan fingerprint density at radius 2 is 2.00 bits per heavy atom. The van der Waals surface area contributed by atoms with E-state index in [-0.39, 0.29) is 5.91 Å². The van der Waals surface area contributed by atoms with Gasteiger partial charge in [0.05, 0.1) is 11.5 Å². The predicted octanol–water partition coefficient (Wildman–Crippen LogP) is 3.97. The second kappa shape index (κ2) is 9.47. The molecule has 0 unspecified atom stereocenters. The number of methoxy groups -OCH3 is 1. The van der Waals surface area contributed by atoms with Gasteiger partial charge in [0, 0.05) is 68.0 Å². The Bertz CT molecular complexity index is 835. The number of nitrogens with zero attached hydrogens (tertiary/aromatic N) is 3. The molecule has 2 fully saturated rings. The van der Waals surface area contributed by atoms with Gasteiger partial charge in [0.2, 0.25) is 0 Å². The van der Waals surface area contributed by atoms with Crippen LogP contribution in [-0.2, 0) is 11.3 Å². The summed E-state index contributed by atoms with van der Waals surface area (Å²) in [6.07, 6.45) is 2.24. The van der Waals surface area contributed by atoms with Crippen LogP contribution in [0.4, 0.5) is 5.69 Å². The second-order valence-electron chi connectivity index (χ2n) is 7.75. The highest BCUT2D eigenvalue weighted by Gasteiger charge is 2.30. The van der Waals surface area contributed by atoms with E-state index < -0.39 is 0 Å². The summed E-state index contributed by atoms with van der Waals surface area (Å²) in [7, 11) is 1.68. The third kappa shape index (κ3) is 4.94. The van der Waals surface area contributed by atoms with Crippen molar-refractivity contribution < 1.29 is 9.53 Å². The molecule has 1 aromatic heterocycles. The fourth-order valence-electron chi connectivity index (χ4n) is 4.32. The molecule has 0 aliphatic carbocycles. The Hall–Kier alpha value is -1.60. The molecule has 1 aromatic carbocycles. The Labute approximate surface area is 181 Å². The number of hydrogen-bond acceptors (Lipinski definition) is 5. The van der Waals surface area contributed by atoms with Crippen LogP contribution in [0.1, 0.15) is 27.4 Å². The van der Waals surface area contributed by atoms with Crippen molar-refractivity contribution in [2.75, 3.05) is 51.3 Å². The van der Waals surface area contributed by atoms with Gasteiger partial charge in [-0.3, -0.25) is 9.69 Å². The zero-order valence-electron chi connectivity index (χ0n) is 16.8. The van der Waals surface area contributed by atoms with Gasteiger partial charge in [-0.25, -0.2) is 0 Å². The quantitative estimate of drug-likeness (QED) is 0.714. The maximum Gasteiger partial charge on any atom is 0.263 e. The normalized spacial score (nSPS) is 20.8. The van der Waals surface area contributed by atoms with Gasteiger partial charge in [-0.05, 0) is 43.2 Å². The molecular weight excluding hydrogens is 406 g/mol. The molecule has 2 aliphatic heterocycles. The first-order valence-corrected chi connectivity index (χ1v) is 11.4. The molecule has 5 nitrogen and oxygen atoms in total. The number of likely N-dealkylation sites (tertiary alicyclic amines) is 1. The monoisotopic (exact) mass is 433 g/mol. The highest BCUT2D eigenvalue weighted by atomic mass is 35.5. The molecule has 0 radical (unpaired) electrons. The minimum atomic E-state index is 0.166. The number of halogens is 1. The van der Waals surface area contributed by atoms with E-state index in [2.05, 4.69) is 15.9 Å². The zero-order chi connectivity index (χ0) is 20.2. The number of carbonyl (C=O) groups is 1. The average Bonchev–Trinajstić information content (AvgIpc) is 3.22. The van der Waals surface area contributed by atoms with E-state index in [0.717, 1.165) is 60.5 Å². The zero-order valence-corrected chi connectivity index (χ0v) is 18.4. The van der Waals surface area contributed by atoms with Gasteiger partial charge in [-0.2, -0.15) is 0 Å². The first-order chi connectivity index (χ1) is 14.1. The second-order valence-corrected chi connectivity index (χ2v) is 9.35. The number of anilines is 1. The lowest BCUT2D eigenvalue weighted by Gasteiger charge is -2.43. The van der Waals surface area contributed by atoms with E-state index in [9.17, 15) is 4.79 Å². The van der Waals surface area contributed by atoms with Crippen LogP contribution in [0.2, 0.25) is 5.02 Å². The highest BCUT2D eigenvalue weighted by Crippen LogP contribution is 2.25. The molecule has 4 rings (SSSR count). The van der Waals surface area contributed by atoms with Gasteiger partial charge in [0.25, 0.3) is 5.91 Å². The minimum Gasteiger partial charge on any atom is -0.379 e. The number of hydrogen-bond donors (Lipinski definition) is 0. The van der Waals surface area contributed by atoms with E-state index in [1.54, 1.807) is 18.4 Å². The Morgan fingerprint density at radius 1 is 1.17 bits per heavy atom. The number of piperazine rings is 1. The summed E-state index contributed by atoms with van der Waals surface area (Å²) in [4.78, 5) is 21.9. The van der Waals surface area contributed by atoms with Crippen molar-refractivity contribution in [1.82, 2.24) is 9.80 Å². The van der Waals surface area contributed by atoms with E-state index in [0.29, 0.717) is 12.6 Å². The van der Waals surface area contributed by atoms with Crippen LogP contribution in [-0.4, -0.2) is 68.1 Å². The van der Waals surface area contributed by atoms with Crippen molar-refractivity contribution in [2.24, 2.45) is 0 Å². The topological polar surface area (TPSA) is 36.0 Å². The number of rotatable bonds is 5. The number of benzene rings is 1. The lowest BCUT2D eigenvalue weighted by molar-refractivity contribution is 0.0568. The molecule has 2 saturated heterocycles. The lowest BCUT2D eigenvalue weighted by atomic mass is 10.0. The fraction of sp³-hybridized carbons (Fsp3) is 0.500. The van der Waals surface area contributed by atoms with Crippen LogP contribution < -0.4 is 4.90 Å². The lowest BCUT2D eigenvalue weighted by Crippen LogP contribution is -2.55. The maximum atomic E-state index is 13.0. The highest BCUT2D eigenvalue weighted by molar-refractivity contribution is 7.14. The number of ether oxygens (including phenoxy) is 1. The summed E-state index contributed by atoms with van der Waals surface area (Å²) in [5.74, 6) is 0.166. The van der Waals surface area contributed by atoms with Crippen molar-refractivity contribution in [3.8, 4) is 0 Å². The van der Waals surface area contributed by atoms with E-state index in [1.165, 1.54) is 12.1 Å². The standard InChI is InChI=1S/C22H28ClN3O2S/c1-28-16-20-7-8-21(29-20)22(27)26-9-3-6-19(15-26)25-12-10-24(11-13-25)18-5-2-4-17(23)14-18/h2,4-5,7-8,14,19H,3,6,9-13,15-16H2,1H3/t19-/m1/s1. The summed E-state index contributed by atoms with van der Waals surface area (Å²) >= 11 is 7.70. The van der Waals surface area contributed by atoms with Crippen molar-refractivity contribution in [2.45, 2.75) is 25.5 Å². The first kappa shape index (κ1) is 20.7. The number of piperidine rings is 1. The maximum absolute atomic E-state index is 13.0. The summed E-state index contributed by atoms with van der Waals surface area (Å²) in [6, 6.07) is 12.5. The van der Waals surface area contributed by atoms with E-state index in [1.807, 2.05) is 35.2 Å². The van der Waals surface area contributed by atoms with Gasteiger partial charge in [-0.15, -0.1) is 11.3 Å². The van der Waals surface area contributed by atoms with Crippen molar-refractivity contribution in [1.29, 1.82) is 0 Å². The molecule has 0 N–H and O–H groups in total. The average molecular weight is 434 g/mol. The molecule has 2 aliphatic rings. The van der Waals surface area contributed by atoms with E-state index >= 15 is 0 Å². The number of carbonyl (C=O) groups excluding carboxylic acids is 1. The van der Waals surface area contributed by atoms with Crippen LogP contribution in [0, 0.1) is 0 Å². The van der Waals surface area contributed by atoms with Crippen LogP contribution in [0.5, 0.6) is 0 Å². The summed E-state index contributed by atoms with van der Waals surface area (Å²) in [5, 5.41) is 0.786. The molecule has 156 valence electrons. The number of amides is 1. The molecular formula is C22H28ClN3O2S. The Kier molecular flexibility index (Phi) is 6.75. The first-order valence-electron chi connectivity index (χ1n) is 10.3. The van der Waals surface area contributed by atoms with Gasteiger partial charge in [0.1, 0.15) is 0 Å². The largest absolute Gasteiger partial charge is 0.379 e. The van der Waals surface area contributed by atoms with Gasteiger partial charge in [-0.1, -0.05) is 17.7 Å². The van der Waals surface area contributed by atoms with Crippen molar-refractivity contribution in [3.05, 3.63) is 51.2 Å². The van der Waals surface area contributed by atoms with Gasteiger partial charge in [0.15, 0.2) is 0 Å². The summed E-state index contributed by atoms with van der Waals surface area (Å²) in [5.41, 5.74) is 1.20. The third-order valence-corrected chi connectivity index (χ3v) is 7.13. The smallest absolute Gasteiger partial charge is 0.263 e. The molecule has 1 amide bonds. The minimum absolute atomic E-state index is 0.166. The molecule has 0 saturated carbocycles. The Balaban J connectivity index is 1.33. The van der Waals surface area contributed by atoms with Crippen LogP contribution in [0.15, 0.2) is 36.4 Å². The molecule has 29 heavy (non-hydrogen) atoms. The van der Waals surface area contributed by atoms with Crippen molar-refractivity contribution in [3.63, 3.8) is 0 Å². The van der Waals surface area contributed by atoms with Gasteiger partial charge >= 0.3 is 0 Å². The van der Waals surface area contributed by atoms with Crippen LogP contribution in [0.25, 0.3) is 0 Å². The summed E-state index contributed by atoms with van der Waals surface area (Å²) in [6.45, 7) is 6.29. The summed E-state index contributed by atoms with van der Waals surface area (Å²) < 4.78 is 5.18. The molecule has 0 spiro atoms.